The number of likely N-dealkylation sites (N-methyl/N-ethyl adjacent to an activating group) is 1. The summed E-state index contributed by atoms with van der Waals surface area (Å²) in [4.78, 5) is 28.2. The van der Waals surface area contributed by atoms with E-state index in [0.29, 0.717) is 23.2 Å². The highest BCUT2D eigenvalue weighted by Crippen LogP contribution is 2.33. The molecule has 0 spiro atoms. The highest BCUT2D eigenvalue weighted by atomic mass is 32.1. The van der Waals surface area contributed by atoms with Gasteiger partial charge >= 0.3 is 0 Å². The number of thiocarbonyl (C=S) groups is 1. The molecule has 150 valence electrons. The summed E-state index contributed by atoms with van der Waals surface area (Å²) < 4.78 is 24.5. The second-order valence-corrected chi connectivity index (χ2v) is 7.11. The molecule has 1 atom stereocenters. The first-order valence-electron chi connectivity index (χ1n) is 8.95. The van der Waals surface area contributed by atoms with Crippen molar-refractivity contribution in [2.45, 2.75) is 19.0 Å². The van der Waals surface area contributed by atoms with Crippen LogP contribution in [0.4, 0.5) is 10.1 Å². The van der Waals surface area contributed by atoms with Gasteiger partial charge in [0.2, 0.25) is 12.7 Å². The molecule has 2 aliphatic heterocycles. The number of nitrogens with zero attached hydrogens (tertiary/aromatic N) is 2. The average Bonchev–Trinajstić information content (AvgIpc) is 3.24. The molecular formula is C20H18FN3O4S. The third-order valence-corrected chi connectivity index (χ3v) is 5.35. The van der Waals surface area contributed by atoms with Crippen molar-refractivity contribution in [3.63, 3.8) is 0 Å². The topological polar surface area (TPSA) is 71.1 Å². The van der Waals surface area contributed by atoms with E-state index in [4.69, 9.17) is 21.7 Å². The van der Waals surface area contributed by atoms with E-state index in [1.165, 1.54) is 23.1 Å². The normalized spacial score (nSPS) is 17.8. The van der Waals surface area contributed by atoms with Gasteiger partial charge in [0.15, 0.2) is 16.6 Å². The smallest absolute Gasteiger partial charge is 0.251 e. The van der Waals surface area contributed by atoms with E-state index in [0.717, 1.165) is 5.56 Å². The van der Waals surface area contributed by atoms with E-state index >= 15 is 0 Å². The Hall–Kier alpha value is -3.20. The van der Waals surface area contributed by atoms with Gasteiger partial charge in [-0.2, -0.15) is 0 Å². The molecule has 2 aromatic rings. The number of hydrogen-bond acceptors (Lipinski definition) is 5. The molecule has 2 aliphatic rings. The number of amides is 2. The lowest BCUT2D eigenvalue weighted by Crippen LogP contribution is -2.37. The van der Waals surface area contributed by atoms with Crippen molar-refractivity contribution >= 4 is 34.8 Å². The van der Waals surface area contributed by atoms with Crippen LogP contribution in [0.5, 0.6) is 11.5 Å². The lowest BCUT2D eigenvalue weighted by atomic mass is 10.1. The lowest BCUT2D eigenvalue weighted by molar-refractivity contribution is -0.130. The van der Waals surface area contributed by atoms with Crippen molar-refractivity contribution in [1.29, 1.82) is 0 Å². The van der Waals surface area contributed by atoms with Gasteiger partial charge in [0.1, 0.15) is 11.9 Å². The molecule has 2 heterocycles. The zero-order chi connectivity index (χ0) is 20.5. The fourth-order valence-electron chi connectivity index (χ4n) is 3.33. The number of fused-ring (bicyclic) bond motifs is 1. The van der Waals surface area contributed by atoms with Crippen LogP contribution >= 0.6 is 12.2 Å². The van der Waals surface area contributed by atoms with Crippen molar-refractivity contribution in [3.8, 4) is 11.5 Å². The Labute approximate surface area is 172 Å². The highest BCUT2D eigenvalue weighted by Gasteiger charge is 2.41. The minimum atomic E-state index is -0.773. The molecule has 7 nitrogen and oxygen atoms in total. The third kappa shape index (κ3) is 3.73. The quantitative estimate of drug-likeness (QED) is 0.757. The Balaban J connectivity index is 1.50. The average molecular weight is 415 g/mol. The van der Waals surface area contributed by atoms with E-state index in [9.17, 15) is 14.0 Å². The Morgan fingerprint density at radius 2 is 2.00 bits per heavy atom. The molecule has 0 radical (unpaired) electrons. The number of benzene rings is 2. The Morgan fingerprint density at radius 3 is 2.79 bits per heavy atom. The SMILES string of the molecule is CN1C(=O)[C@H](CC(=O)Nc2ccccc2F)N(Cc2ccc3c(c2)OCO3)C1=S. The van der Waals surface area contributed by atoms with Gasteiger partial charge in [-0.15, -0.1) is 0 Å². The highest BCUT2D eigenvalue weighted by molar-refractivity contribution is 7.80. The summed E-state index contributed by atoms with van der Waals surface area (Å²) in [5, 5.41) is 2.84. The van der Waals surface area contributed by atoms with Gasteiger partial charge < -0.3 is 19.7 Å². The van der Waals surface area contributed by atoms with E-state index < -0.39 is 17.8 Å². The Kier molecular flexibility index (Phi) is 5.06. The molecule has 0 bridgehead atoms. The van der Waals surface area contributed by atoms with Gasteiger partial charge in [-0.3, -0.25) is 14.5 Å². The first kappa shape index (κ1) is 19.1. The molecule has 1 fully saturated rings. The summed E-state index contributed by atoms with van der Waals surface area (Å²) in [6.07, 6.45) is -0.151. The van der Waals surface area contributed by atoms with Crippen LogP contribution in [0.1, 0.15) is 12.0 Å². The van der Waals surface area contributed by atoms with Crippen LogP contribution < -0.4 is 14.8 Å². The summed E-state index contributed by atoms with van der Waals surface area (Å²) in [6.45, 7) is 0.490. The van der Waals surface area contributed by atoms with Crippen molar-refractivity contribution in [2.75, 3.05) is 19.2 Å². The molecule has 0 unspecified atom stereocenters. The number of carbonyl (C=O) groups excluding carboxylic acids is 2. The lowest BCUT2D eigenvalue weighted by Gasteiger charge is -2.23. The molecule has 0 aliphatic carbocycles. The van der Waals surface area contributed by atoms with Crippen molar-refractivity contribution in [2.24, 2.45) is 0 Å². The molecular weight excluding hydrogens is 397 g/mol. The third-order valence-electron chi connectivity index (χ3n) is 4.84. The summed E-state index contributed by atoms with van der Waals surface area (Å²) in [5.74, 6) is -0.00184. The minimum absolute atomic E-state index is 0.0706. The predicted molar refractivity (Wildman–Crippen MR) is 107 cm³/mol. The number of nitrogens with one attached hydrogen (secondary N) is 1. The van der Waals surface area contributed by atoms with Crippen LogP contribution in [-0.2, 0) is 16.1 Å². The number of ether oxygens (including phenoxy) is 2. The largest absolute Gasteiger partial charge is 0.454 e. The summed E-state index contributed by atoms with van der Waals surface area (Å²) >= 11 is 5.40. The van der Waals surface area contributed by atoms with Gasteiger partial charge in [-0.05, 0) is 42.0 Å². The molecule has 29 heavy (non-hydrogen) atoms. The monoisotopic (exact) mass is 415 g/mol. The number of para-hydroxylation sites is 1. The maximum Gasteiger partial charge on any atom is 0.251 e. The van der Waals surface area contributed by atoms with Crippen molar-refractivity contribution in [1.82, 2.24) is 9.80 Å². The Bertz CT molecular complexity index is 999. The fraction of sp³-hybridized carbons (Fsp3) is 0.250. The van der Waals surface area contributed by atoms with Crippen LogP contribution in [0.25, 0.3) is 0 Å². The van der Waals surface area contributed by atoms with Gasteiger partial charge in [-0.1, -0.05) is 18.2 Å². The van der Waals surface area contributed by atoms with Crippen molar-refractivity contribution in [3.05, 3.63) is 53.8 Å². The first-order valence-corrected chi connectivity index (χ1v) is 9.36. The molecule has 2 amide bonds. The number of hydrogen-bond donors (Lipinski definition) is 1. The molecule has 0 saturated carbocycles. The van der Waals surface area contributed by atoms with Crippen LogP contribution in [0.3, 0.4) is 0 Å². The first-order chi connectivity index (χ1) is 13.9. The zero-order valence-corrected chi connectivity index (χ0v) is 16.4. The maximum atomic E-state index is 13.8. The van der Waals surface area contributed by atoms with Crippen LogP contribution in [0.2, 0.25) is 0 Å². The Morgan fingerprint density at radius 1 is 1.24 bits per heavy atom. The summed E-state index contributed by atoms with van der Waals surface area (Å²) in [5.41, 5.74) is 0.931. The van der Waals surface area contributed by atoms with Gasteiger partial charge in [0, 0.05) is 13.6 Å². The van der Waals surface area contributed by atoms with Crippen LogP contribution in [0, 0.1) is 5.82 Å². The molecule has 0 aromatic heterocycles. The summed E-state index contributed by atoms with van der Waals surface area (Å²) in [7, 11) is 1.58. The standard InChI is InChI=1S/C20H18FN3O4S/c1-23-19(26)15(9-18(25)22-14-5-3-2-4-13(14)21)24(20(23)29)10-12-6-7-16-17(8-12)28-11-27-16/h2-8,15H,9-11H2,1H3,(H,22,25)/t15-/m0/s1. The number of anilines is 1. The van der Waals surface area contributed by atoms with Gasteiger partial charge in [0.05, 0.1) is 12.1 Å². The summed E-state index contributed by atoms with van der Waals surface area (Å²) in [6, 6.07) is 10.6. The van der Waals surface area contributed by atoms with E-state index in [2.05, 4.69) is 5.32 Å². The zero-order valence-electron chi connectivity index (χ0n) is 15.6. The minimum Gasteiger partial charge on any atom is -0.454 e. The van der Waals surface area contributed by atoms with Crippen molar-refractivity contribution < 1.29 is 23.5 Å². The maximum absolute atomic E-state index is 13.8. The molecule has 9 heteroatoms. The molecule has 1 saturated heterocycles. The molecule has 2 aromatic carbocycles. The number of halogens is 1. The second-order valence-electron chi connectivity index (χ2n) is 6.74. The predicted octanol–water partition coefficient (Wildman–Crippen LogP) is 2.51. The fourth-order valence-corrected chi connectivity index (χ4v) is 3.61. The van der Waals surface area contributed by atoms with Gasteiger partial charge in [0.25, 0.3) is 5.91 Å². The van der Waals surface area contributed by atoms with Gasteiger partial charge in [-0.25, -0.2) is 4.39 Å². The molecule has 4 rings (SSSR count). The van der Waals surface area contributed by atoms with Crippen LogP contribution in [0.15, 0.2) is 42.5 Å². The molecule has 1 N–H and O–H groups in total. The van der Waals surface area contributed by atoms with Crippen LogP contribution in [-0.4, -0.2) is 46.6 Å². The van der Waals surface area contributed by atoms with E-state index in [1.807, 2.05) is 12.1 Å². The van der Waals surface area contributed by atoms with E-state index in [1.54, 1.807) is 24.1 Å². The van der Waals surface area contributed by atoms with E-state index in [-0.39, 0.29) is 24.8 Å². The second kappa shape index (κ2) is 7.67. The number of rotatable bonds is 5. The number of carbonyl (C=O) groups is 2.